The quantitative estimate of drug-likeness (QED) is 0.765. The lowest BCUT2D eigenvalue weighted by Crippen LogP contribution is -2.38. The molecule has 0 radical (unpaired) electrons. The molecule has 2 heterocycles. The molecule has 132 valence electrons. The number of hydrogen-bond acceptors (Lipinski definition) is 4. The molecule has 2 fully saturated rings. The molecule has 1 unspecified atom stereocenters. The summed E-state index contributed by atoms with van der Waals surface area (Å²) in [5, 5.41) is 9.26. The van der Waals surface area contributed by atoms with Gasteiger partial charge in [0.1, 0.15) is 11.1 Å². The zero-order valence-electron chi connectivity index (χ0n) is 14.6. The maximum Gasteiger partial charge on any atom is 0.240 e. The smallest absolute Gasteiger partial charge is 0.240 e. The first-order valence-corrected chi connectivity index (χ1v) is 10.0. The van der Waals surface area contributed by atoms with Crippen molar-refractivity contribution in [1.29, 1.82) is 0 Å². The van der Waals surface area contributed by atoms with E-state index in [-0.39, 0.29) is 11.2 Å². The average Bonchev–Trinajstić information content (AvgIpc) is 3.43. The number of piperidine rings is 1. The molecule has 1 aromatic heterocycles. The lowest BCUT2D eigenvalue weighted by molar-refractivity contribution is -0.131. The highest BCUT2D eigenvalue weighted by Crippen LogP contribution is 2.42. The van der Waals surface area contributed by atoms with Gasteiger partial charge in [0, 0.05) is 19.1 Å². The maximum absolute atomic E-state index is 13.3. The molecular weight excluding hydrogens is 332 g/mol. The lowest BCUT2D eigenvalue weighted by Gasteiger charge is -2.30. The van der Waals surface area contributed by atoms with Crippen molar-refractivity contribution >= 4 is 17.7 Å². The predicted octanol–water partition coefficient (Wildman–Crippen LogP) is 3.77. The van der Waals surface area contributed by atoms with Crippen LogP contribution in [0.25, 0.3) is 0 Å². The van der Waals surface area contributed by atoms with Gasteiger partial charge in [-0.05, 0) is 44.6 Å². The SMILES string of the molecule is Cc1nnc(SC(C(=O)N2CCCCC2)c2ccccc2)n1C1CC1. The number of aryl methyl sites for hydroxylation is 1. The Labute approximate surface area is 152 Å². The third-order valence-corrected chi connectivity index (χ3v) is 6.16. The zero-order valence-corrected chi connectivity index (χ0v) is 15.4. The molecule has 1 aliphatic carbocycles. The third kappa shape index (κ3) is 3.59. The second-order valence-corrected chi connectivity index (χ2v) is 8.00. The Morgan fingerprint density at radius 3 is 2.52 bits per heavy atom. The Kier molecular flexibility index (Phi) is 4.79. The number of amides is 1. The van der Waals surface area contributed by atoms with Crippen molar-refractivity contribution in [2.75, 3.05) is 13.1 Å². The highest BCUT2D eigenvalue weighted by molar-refractivity contribution is 8.00. The Bertz CT molecular complexity index is 735. The molecule has 2 aromatic rings. The van der Waals surface area contributed by atoms with Gasteiger partial charge in [0.05, 0.1) is 0 Å². The van der Waals surface area contributed by atoms with E-state index in [4.69, 9.17) is 0 Å². The standard InChI is InChI=1S/C19H24N4OS/c1-14-20-21-19(23(14)16-10-11-16)25-17(15-8-4-2-5-9-15)18(24)22-12-6-3-7-13-22/h2,4-5,8-9,16-17H,3,6-7,10-13H2,1H3. The summed E-state index contributed by atoms with van der Waals surface area (Å²) in [5.41, 5.74) is 1.05. The zero-order chi connectivity index (χ0) is 17.2. The number of benzene rings is 1. The second-order valence-electron chi connectivity index (χ2n) is 6.93. The molecule has 0 spiro atoms. The van der Waals surface area contributed by atoms with Crippen LogP contribution in [-0.2, 0) is 4.79 Å². The van der Waals surface area contributed by atoms with Crippen LogP contribution in [0.1, 0.15) is 54.8 Å². The Morgan fingerprint density at radius 2 is 1.84 bits per heavy atom. The minimum Gasteiger partial charge on any atom is -0.341 e. The molecule has 6 heteroatoms. The van der Waals surface area contributed by atoms with Crippen LogP contribution in [0.4, 0.5) is 0 Å². The van der Waals surface area contributed by atoms with E-state index >= 15 is 0 Å². The predicted molar refractivity (Wildman–Crippen MR) is 98.5 cm³/mol. The number of thioether (sulfide) groups is 1. The minimum absolute atomic E-state index is 0.207. The largest absolute Gasteiger partial charge is 0.341 e. The Balaban J connectivity index is 1.62. The highest BCUT2D eigenvalue weighted by atomic mass is 32.2. The molecule has 25 heavy (non-hydrogen) atoms. The molecule has 1 amide bonds. The normalized spacial score (nSPS) is 19.0. The topological polar surface area (TPSA) is 51.0 Å². The van der Waals surface area contributed by atoms with Crippen molar-refractivity contribution in [3.8, 4) is 0 Å². The molecule has 1 aliphatic heterocycles. The van der Waals surface area contributed by atoms with Crippen LogP contribution in [0.5, 0.6) is 0 Å². The molecule has 2 aliphatic rings. The summed E-state index contributed by atoms with van der Waals surface area (Å²) < 4.78 is 2.21. The van der Waals surface area contributed by atoms with Gasteiger partial charge in [-0.25, -0.2) is 0 Å². The summed E-state index contributed by atoms with van der Waals surface area (Å²) in [7, 11) is 0. The molecule has 1 aromatic carbocycles. The summed E-state index contributed by atoms with van der Waals surface area (Å²) >= 11 is 1.56. The van der Waals surface area contributed by atoms with Gasteiger partial charge in [0.15, 0.2) is 5.16 Å². The minimum atomic E-state index is -0.250. The fourth-order valence-electron chi connectivity index (χ4n) is 3.46. The van der Waals surface area contributed by atoms with Crippen LogP contribution < -0.4 is 0 Å². The van der Waals surface area contributed by atoms with Crippen LogP contribution in [0.2, 0.25) is 0 Å². The molecule has 1 saturated carbocycles. The molecular formula is C19H24N4OS. The van der Waals surface area contributed by atoms with Crippen molar-refractivity contribution in [1.82, 2.24) is 19.7 Å². The first kappa shape index (κ1) is 16.6. The summed E-state index contributed by atoms with van der Waals surface area (Å²) in [5.74, 6) is 1.15. The van der Waals surface area contributed by atoms with E-state index in [0.717, 1.165) is 42.5 Å². The number of rotatable bonds is 5. The fourth-order valence-corrected chi connectivity index (χ4v) is 4.69. The molecule has 5 nitrogen and oxygen atoms in total. The lowest BCUT2D eigenvalue weighted by atomic mass is 10.1. The molecule has 0 bridgehead atoms. The first-order valence-electron chi connectivity index (χ1n) is 9.16. The van der Waals surface area contributed by atoms with Crippen molar-refractivity contribution in [2.45, 2.75) is 55.5 Å². The van der Waals surface area contributed by atoms with Gasteiger partial charge in [-0.15, -0.1) is 10.2 Å². The number of aromatic nitrogens is 3. The van der Waals surface area contributed by atoms with E-state index in [1.54, 1.807) is 11.8 Å². The van der Waals surface area contributed by atoms with Crippen molar-refractivity contribution in [2.24, 2.45) is 0 Å². The van der Waals surface area contributed by atoms with Gasteiger partial charge in [0.25, 0.3) is 0 Å². The van der Waals surface area contributed by atoms with Crippen LogP contribution in [0.15, 0.2) is 35.5 Å². The molecule has 1 atom stereocenters. The van der Waals surface area contributed by atoms with Gasteiger partial charge in [-0.1, -0.05) is 42.1 Å². The fraction of sp³-hybridized carbons (Fsp3) is 0.526. The van der Waals surface area contributed by atoms with E-state index in [0.29, 0.717) is 6.04 Å². The Morgan fingerprint density at radius 1 is 1.12 bits per heavy atom. The van der Waals surface area contributed by atoms with Crippen LogP contribution in [-0.4, -0.2) is 38.7 Å². The van der Waals surface area contributed by atoms with E-state index in [1.807, 2.05) is 42.2 Å². The van der Waals surface area contributed by atoms with Gasteiger partial charge in [0.2, 0.25) is 5.91 Å². The van der Waals surface area contributed by atoms with E-state index in [1.165, 1.54) is 19.3 Å². The first-order chi connectivity index (χ1) is 12.2. The summed E-state index contributed by atoms with van der Waals surface area (Å²) in [6.45, 7) is 3.74. The van der Waals surface area contributed by atoms with Gasteiger partial charge < -0.3 is 9.47 Å². The van der Waals surface area contributed by atoms with Gasteiger partial charge in [-0.3, -0.25) is 4.79 Å². The molecule has 4 rings (SSSR count). The maximum atomic E-state index is 13.3. The molecule has 0 N–H and O–H groups in total. The van der Waals surface area contributed by atoms with Crippen LogP contribution in [0, 0.1) is 6.92 Å². The summed E-state index contributed by atoms with van der Waals surface area (Å²) in [6.07, 6.45) is 5.80. The van der Waals surface area contributed by atoms with E-state index < -0.39 is 0 Å². The molecule has 1 saturated heterocycles. The number of carbonyl (C=O) groups excluding carboxylic acids is 1. The average molecular weight is 356 g/mol. The third-order valence-electron chi connectivity index (χ3n) is 4.96. The monoisotopic (exact) mass is 356 g/mol. The summed E-state index contributed by atoms with van der Waals surface area (Å²) in [6, 6.07) is 10.6. The van der Waals surface area contributed by atoms with Gasteiger partial charge in [-0.2, -0.15) is 0 Å². The van der Waals surface area contributed by atoms with Crippen molar-refractivity contribution < 1.29 is 4.79 Å². The Hall–Kier alpha value is -1.82. The van der Waals surface area contributed by atoms with Crippen molar-refractivity contribution in [3.05, 3.63) is 41.7 Å². The second kappa shape index (κ2) is 7.20. The number of likely N-dealkylation sites (tertiary alicyclic amines) is 1. The van der Waals surface area contributed by atoms with E-state index in [9.17, 15) is 4.79 Å². The number of carbonyl (C=O) groups is 1. The number of nitrogens with zero attached hydrogens (tertiary/aromatic N) is 4. The highest BCUT2D eigenvalue weighted by Gasteiger charge is 2.33. The number of hydrogen-bond donors (Lipinski definition) is 0. The van der Waals surface area contributed by atoms with Crippen molar-refractivity contribution in [3.63, 3.8) is 0 Å². The summed E-state index contributed by atoms with van der Waals surface area (Å²) in [4.78, 5) is 15.3. The van der Waals surface area contributed by atoms with Gasteiger partial charge >= 0.3 is 0 Å². The van der Waals surface area contributed by atoms with Crippen LogP contribution >= 0.6 is 11.8 Å². The van der Waals surface area contributed by atoms with Crippen LogP contribution in [0.3, 0.4) is 0 Å². The van der Waals surface area contributed by atoms with E-state index in [2.05, 4.69) is 14.8 Å².